The molecule has 0 saturated heterocycles. The molecular weight excluding hydrogens is 296 g/mol. The first-order chi connectivity index (χ1) is 10.9. The Morgan fingerprint density at radius 3 is 2.65 bits per heavy atom. The highest BCUT2D eigenvalue weighted by atomic mass is 16.4. The van der Waals surface area contributed by atoms with Crippen LogP contribution in [0.2, 0.25) is 0 Å². The molecule has 1 heterocycles. The molecule has 2 fully saturated rings. The molecule has 1 aromatic rings. The van der Waals surface area contributed by atoms with Gasteiger partial charge in [-0.2, -0.15) is 5.10 Å². The van der Waals surface area contributed by atoms with E-state index in [1.807, 2.05) is 6.92 Å². The van der Waals surface area contributed by atoms with Crippen molar-refractivity contribution in [3.05, 3.63) is 17.5 Å². The highest BCUT2D eigenvalue weighted by Gasteiger charge is 2.38. The minimum atomic E-state index is -0.774. The zero-order valence-electron chi connectivity index (χ0n) is 13.7. The average molecular weight is 320 g/mol. The van der Waals surface area contributed by atoms with Crippen molar-refractivity contribution in [2.45, 2.75) is 44.7 Å². The maximum atomic E-state index is 12.3. The van der Waals surface area contributed by atoms with Gasteiger partial charge in [0.1, 0.15) is 0 Å². The number of carbonyl (C=O) groups is 2. The number of nitrogens with zero attached hydrogens (tertiary/aromatic N) is 3. The number of hydrogen-bond donors (Lipinski definition) is 2. The number of aryl methyl sites for hydroxylation is 2. The molecule has 3 rings (SSSR count). The molecule has 0 aliphatic heterocycles. The summed E-state index contributed by atoms with van der Waals surface area (Å²) < 4.78 is 1.64. The van der Waals surface area contributed by atoms with E-state index in [1.54, 1.807) is 17.9 Å². The number of carboxylic acid groups (broad SMARTS) is 1. The van der Waals surface area contributed by atoms with Crippen molar-refractivity contribution >= 4 is 11.9 Å². The van der Waals surface area contributed by atoms with E-state index < -0.39 is 5.97 Å². The normalized spacial score (nSPS) is 23.6. The Labute approximate surface area is 135 Å². The summed E-state index contributed by atoms with van der Waals surface area (Å²) in [5.74, 6) is -0.198. The molecule has 1 amide bonds. The van der Waals surface area contributed by atoms with Gasteiger partial charge in [-0.3, -0.25) is 19.2 Å². The molecule has 7 heteroatoms. The van der Waals surface area contributed by atoms with Gasteiger partial charge in [-0.15, -0.1) is 0 Å². The molecule has 0 aromatic carbocycles. The van der Waals surface area contributed by atoms with E-state index in [0.29, 0.717) is 11.5 Å². The number of carboxylic acids is 1. The third-order valence-corrected chi connectivity index (χ3v) is 4.75. The van der Waals surface area contributed by atoms with Crippen molar-refractivity contribution in [2.75, 3.05) is 13.1 Å². The van der Waals surface area contributed by atoms with Gasteiger partial charge >= 0.3 is 5.97 Å². The Kier molecular flexibility index (Phi) is 4.39. The molecule has 2 aliphatic rings. The van der Waals surface area contributed by atoms with Gasteiger partial charge in [0.05, 0.1) is 17.8 Å². The monoisotopic (exact) mass is 320 g/mol. The molecule has 23 heavy (non-hydrogen) atoms. The lowest BCUT2D eigenvalue weighted by Crippen LogP contribution is -2.55. The smallest absolute Gasteiger partial charge is 0.317 e. The van der Waals surface area contributed by atoms with E-state index in [4.69, 9.17) is 5.11 Å². The first-order valence-electron chi connectivity index (χ1n) is 8.19. The van der Waals surface area contributed by atoms with E-state index in [0.717, 1.165) is 25.1 Å². The lowest BCUT2D eigenvalue weighted by Gasteiger charge is -2.42. The molecule has 126 valence electrons. The topological polar surface area (TPSA) is 87.5 Å². The summed E-state index contributed by atoms with van der Waals surface area (Å²) in [6.45, 7) is 2.80. The first-order valence-corrected chi connectivity index (χ1v) is 8.19. The second kappa shape index (κ2) is 6.31. The molecule has 2 saturated carbocycles. The van der Waals surface area contributed by atoms with E-state index in [2.05, 4.69) is 15.3 Å². The van der Waals surface area contributed by atoms with Crippen molar-refractivity contribution in [1.82, 2.24) is 20.0 Å². The highest BCUT2D eigenvalue weighted by molar-refractivity contribution is 5.95. The minimum Gasteiger partial charge on any atom is -0.480 e. The van der Waals surface area contributed by atoms with Gasteiger partial charge in [-0.1, -0.05) is 0 Å². The van der Waals surface area contributed by atoms with Gasteiger partial charge < -0.3 is 10.4 Å². The SMILES string of the molecule is Cc1nn(C)cc1C(=O)NC1CC(N(CC(=O)O)CC2CC2)C1. The van der Waals surface area contributed by atoms with Crippen LogP contribution in [-0.4, -0.2) is 56.8 Å². The van der Waals surface area contributed by atoms with Crippen molar-refractivity contribution in [3.8, 4) is 0 Å². The lowest BCUT2D eigenvalue weighted by molar-refractivity contribution is -0.139. The van der Waals surface area contributed by atoms with Crippen LogP contribution in [0.5, 0.6) is 0 Å². The van der Waals surface area contributed by atoms with Crippen LogP contribution in [0.15, 0.2) is 6.20 Å². The van der Waals surface area contributed by atoms with Gasteiger partial charge in [-0.25, -0.2) is 0 Å². The molecule has 1 aromatic heterocycles. The molecule has 0 spiro atoms. The summed E-state index contributed by atoms with van der Waals surface area (Å²) in [6, 6.07) is 0.398. The summed E-state index contributed by atoms with van der Waals surface area (Å²) in [5, 5.41) is 16.3. The van der Waals surface area contributed by atoms with Gasteiger partial charge in [0.25, 0.3) is 5.91 Å². The van der Waals surface area contributed by atoms with E-state index in [9.17, 15) is 9.59 Å². The molecular formula is C16H24N4O3. The molecule has 2 aliphatic carbocycles. The fourth-order valence-electron chi connectivity index (χ4n) is 3.24. The number of carbonyl (C=O) groups excluding carboxylic acids is 1. The number of aromatic nitrogens is 2. The molecule has 0 atom stereocenters. The van der Waals surface area contributed by atoms with Gasteiger partial charge in [0.2, 0.25) is 0 Å². The maximum absolute atomic E-state index is 12.3. The average Bonchev–Trinajstić information content (AvgIpc) is 3.15. The second-order valence-corrected chi connectivity index (χ2v) is 6.86. The number of aliphatic carboxylic acids is 1. The minimum absolute atomic E-state index is 0.0916. The van der Waals surface area contributed by atoms with Gasteiger partial charge in [0, 0.05) is 31.9 Å². The fraction of sp³-hybridized carbons (Fsp3) is 0.688. The van der Waals surface area contributed by atoms with E-state index in [-0.39, 0.29) is 24.5 Å². The Balaban J connectivity index is 1.50. The molecule has 0 radical (unpaired) electrons. The Morgan fingerprint density at radius 2 is 2.13 bits per heavy atom. The number of rotatable bonds is 7. The van der Waals surface area contributed by atoms with Crippen LogP contribution in [0.1, 0.15) is 41.7 Å². The zero-order chi connectivity index (χ0) is 16.6. The van der Waals surface area contributed by atoms with Crippen LogP contribution in [0.25, 0.3) is 0 Å². The third-order valence-electron chi connectivity index (χ3n) is 4.75. The highest BCUT2D eigenvalue weighted by Crippen LogP contribution is 2.33. The third kappa shape index (κ3) is 3.90. The second-order valence-electron chi connectivity index (χ2n) is 6.86. The molecule has 0 bridgehead atoms. The van der Waals surface area contributed by atoms with Crippen molar-refractivity contribution in [2.24, 2.45) is 13.0 Å². The van der Waals surface area contributed by atoms with Gasteiger partial charge in [0.15, 0.2) is 0 Å². The van der Waals surface area contributed by atoms with Crippen LogP contribution in [0.4, 0.5) is 0 Å². The van der Waals surface area contributed by atoms with Crippen LogP contribution < -0.4 is 5.32 Å². The molecule has 0 unspecified atom stereocenters. The summed E-state index contributed by atoms with van der Waals surface area (Å²) >= 11 is 0. The Hall–Kier alpha value is -1.89. The van der Waals surface area contributed by atoms with Crippen LogP contribution in [0, 0.1) is 12.8 Å². The summed E-state index contributed by atoms with van der Waals surface area (Å²) in [7, 11) is 1.80. The van der Waals surface area contributed by atoms with Crippen LogP contribution >= 0.6 is 0 Å². The Bertz CT molecular complexity index is 602. The first kappa shape index (κ1) is 16.0. The molecule has 7 nitrogen and oxygen atoms in total. The standard InChI is InChI=1S/C16H24N4O3/c1-10-14(8-19(2)18-10)16(23)17-12-5-13(6-12)20(9-15(21)22)7-11-3-4-11/h8,11-13H,3-7,9H2,1-2H3,(H,17,23)(H,21,22). The van der Waals surface area contributed by atoms with Crippen molar-refractivity contribution in [3.63, 3.8) is 0 Å². The summed E-state index contributed by atoms with van der Waals surface area (Å²) in [6.07, 6.45) is 5.80. The maximum Gasteiger partial charge on any atom is 0.317 e. The quantitative estimate of drug-likeness (QED) is 0.775. The molecule has 2 N–H and O–H groups in total. The largest absolute Gasteiger partial charge is 0.480 e. The van der Waals surface area contributed by atoms with E-state index >= 15 is 0 Å². The lowest BCUT2D eigenvalue weighted by atomic mass is 9.85. The number of hydrogen-bond acceptors (Lipinski definition) is 4. The van der Waals surface area contributed by atoms with Crippen LogP contribution in [0.3, 0.4) is 0 Å². The summed E-state index contributed by atoms with van der Waals surface area (Å²) in [4.78, 5) is 25.3. The summed E-state index contributed by atoms with van der Waals surface area (Å²) in [5.41, 5.74) is 1.33. The number of nitrogens with one attached hydrogen (secondary N) is 1. The predicted molar refractivity (Wildman–Crippen MR) is 84.2 cm³/mol. The van der Waals surface area contributed by atoms with Crippen molar-refractivity contribution in [1.29, 1.82) is 0 Å². The number of amides is 1. The zero-order valence-corrected chi connectivity index (χ0v) is 13.7. The Morgan fingerprint density at radius 1 is 1.43 bits per heavy atom. The van der Waals surface area contributed by atoms with Gasteiger partial charge in [-0.05, 0) is 38.5 Å². The van der Waals surface area contributed by atoms with E-state index in [1.165, 1.54) is 12.8 Å². The van der Waals surface area contributed by atoms with Crippen molar-refractivity contribution < 1.29 is 14.7 Å². The fourth-order valence-corrected chi connectivity index (χ4v) is 3.24. The van der Waals surface area contributed by atoms with Crippen LogP contribution in [-0.2, 0) is 11.8 Å². The predicted octanol–water partition coefficient (Wildman–Crippen LogP) is 0.786.